The quantitative estimate of drug-likeness (QED) is 0.596. The lowest BCUT2D eigenvalue weighted by Crippen LogP contribution is -2.67. The Labute approximate surface area is 120 Å². The summed E-state index contributed by atoms with van der Waals surface area (Å²) in [6.45, 7) is 10.6. The molecule has 2 heteroatoms. The van der Waals surface area contributed by atoms with E-state index in [1.54, 1.807) is 0 Å². The molecule has 0 radical (unpaired) electrons. The van der Waals surface area contributed by atoms with Crippen LogP contribution in [-0.2, 0) is 0 Å². The molecular weight excluding hydrogens is 234 g/mol. The Hall–Kier alpha value is -0.0800. The zero-order valence-electron chi connectivity index (χ0n) is 13.7. The highest BCUT2D eigenvalue weighted by Crippen LogP contribution is 2.35. The summed E-state index contributed by atoms with van der Waals surface area (Å²) in [5.74, 6) is 0. The molecule has 0 saturated carbocycles. The van der Waals surface area contributed by atoms with Crippen molar-refractivity contribution in [2.45, 2.75) is 96.6 Å². The summed E-state index contributed by atoms with van der Waals surface area (Å²) < 4.78 is 0. The maximum absolute atomic E-state index is 9.97. The van der Waals surface area contributed by atoms with Crippen molar-refractivity contribution in [3.63, 3.8) is 0 Å². The highest BCUT2D eigenvalue weighted by molar-refractivity contribution is 5.00. The highest BCUT2D eigenvalue weighted by atomic mass is 16.3. The van der Waals surface area contributed by atoms with E-state index in [1.165, 1.54) is 57.8 Å². The van der Waals surface area contributed by atoms with Crippen molar-refractivity contribution < 1.29 is 5.11 Å². The predicted molar refractivity (Wildman–Crippen MR) is 83.5 cm³/mol. The van der Waals surface area contributed by atoms with Crippen LogP contribution in [0.5, 0.6) is 0 Å². The predicted octanol–water partition coefficient (Wildman–Crippen LogP) is 4.36. The van der Waals surface area contributed by atoms with Crippen molar-refractivity contribution in [2.24, 2.45) is 0 Å². The van der Waals surface area contributed by atoms with Crippen molar-refractivity contribution in [3.8, 4) is 0 Å². The SMILES string of the molecule is CCCCCCCC(C)(CCCC)N1CC(C)(O)C1. The van der Waals surface area contributed by atoms with Gasteiger partial charge in [0.1, 0.15) is 0 Å². The van der Waals surface area contributed by atoms with Crippen LogP contribution < -0.4 is 0 Å². The fourth-order valence-electron chi connectivity index (χ4n) is 3.27. The van der Waals surface area contributed by atoms with Crippen LogP contribution in [0.1, 0.15) is 85.5 Å². The first-order valence-corrected chi connectivity index (χ1v) is 8.41. The molecule has 1 aliphatic heterocycles. The monoisotopic (exact) mass is 269 g/mol. The summed E-state index contributed by atoms with van der Waals surface area (Å²) in [5, 5.41) is 9.97. The third kappa shape index (κ3) is 5.43. The third-order valence-corrected chi connectivity index (χ3v) is 4.71. The van der Waals surface area contributed by atoms with Gasteiger partial charge in [-0.1, -0.05) is 58.8 Å². The van der Waals surface area contributed by atoms with Crippen molar-refractivity contribution in [1.82, 2.24) is 4.90 Å². The van der Waals surface area contributed by atoms with Crippen molar-refractivity contribution >= 4 is 0 Å². The molecule has 114 valence electrons. The fraction of sp³-hybridized carbons (Fsp3) is 1.00. The molecule has 1 unspecified atom stereocenters. The van der Waals surface area contributed by atoms with Gasteiger partial charge in [-0.3, -0.25) is 4.90 Å². The summed E-state index contributed by atoms with van der Waals surface area (Å²) in [7, 11) is 0. The second-order valence-electron chi connectivity index (χ2n) is 7.12. The molecule has 0 amide bonds. The molecule has 0 aromatic rings. The number of aliphatic hydroxyl groups is 1. The summed E-state index contributed by atoms with van der Waals surface area (Å²) in [6, 6.07) is 0. The smallest absolute Gasteiger partial charge is 0.0872 e. The molecule has 1 saturated heterocycles. The fourth-order valence-corrected chi connectivity index (χ4v) is 3.27. The average molecular weight is 269 g/mol. The number of rotatable bonds is 10. The molecule has 1 fully saturated rings. The van der Waals surface area contributed by atoms with E-state index < -0.39 is 5.60 Å². The summed E-state index contributed by atoms with van der Waals surface area (Å²) in [5.41, 5.74) is -0.111. The van der Waals surface area contributed by atoms with Gasteiger partial charge in [0.15, 0.2) is 0 Å². The molecule has 1 aliphatic rings. The second-order valence-corrected chi connectivity index (χ2v) is 7.12. The highest BCUT2D eigenvalue weighted by Gasteiger charge is 2.45. The lowest BCUT2D eigenvalue weighted by atomic mass is 9.81. The van der Waals surface area contributed by atoms with Gasteiger partial charge >= 0.3 is 0 Å². The Morgan fingerprint density at radius 2 is 1.47 bits per heavy atom. The van der Waals surface area contributed by atoms with Gasteiger partial charge in [-0.05, 0) is 26.7 Å². The molecule has 1 atom stereocenters. The van der Waals surface area contributed by atoms with E-state index in [2.05, 4.69) is 25.7 Å². The maximum Gasteiger partial charge on any atom is 0.0872 e. The van der Waals surface area contributed by atoms with Gasteiger partial charge in [0.05, 0.1) is 5.60 Å². The summed E-state index contributed by atoms with van der Waals surface area (Å²) >= 11 is 0. The van der Waals surface area contributed by atoms with E-state index in [0.717, 1.165) is 13.1 Å². The summed E-state index contributed by atoms with van der Waals surface area (Å²) in [6.07, 6.45) is 12.0. The normalized spacial score (nSPS) is 21.9. The van der Waals surface area contributed by atoms with Crippen molar-refractivity contribution in [2.75, 3.05) is 13.1 Å². The van der Waals surface area contributed by atoms with Crippen molar-refractivity contribution in [1.29, 1.82) is 0 Å². The average Bonchev–Trinajstić information content (AvgIpc) is 2.33. The van der Waals surface area contributed by atoms with E-state index in [9.17, 15) is 5.11 Å². The van der Waals surface area contributed by atoms with E-state index in [1.807, 2.05) is 6.92 Å². The van der Waals surface area contributed by atoms with Crippen LogP contribution in [0.2, 0.25) is 0 Å². The van der Waals surface area contributed by atoms with Gasteiger partial charge < -0.3 is 5.11 Å². The lowest BCUT2D eigenvalue weighted by Gasteiger charge is -2.54. The molecule has 2 nitrogen and oxygen atoms in total. The molecule has 1 rings (SSSR count). The molecule has 19 heavy (non-hydrogen) atoms. The number of nitrogens with zero attached hydrogens (tertiary/aromatic N) is 1. The largest absolute Gasteiger partial charge is 0.388 e. The number of β-amino-alcohol motifs (C(OH)–C–C–N with tert-alkyl or cyclic N) is 1. The summed E-state index contributed by atoms with van der Waals surface area (Å²) in [4.78, 5) is 2.52. The van der Waals surface area contributed by atoms with E-state index in [-0.39, 0.29) is 0 Å². The minimum atomic E-state index is -0.435. The van der Waals surface area contributed by atoms with Crippen LogP contribution in [0, 0.1) is 0 Å². The van der Waals surface area contributed by atoms with Crippen LogP contribution in [0.4, 0.5) is 0 Å². The first-order chi connectivity index (χ1) is 8.93. The first-order valence-electron chi connectivity index (χ1n) is 8.41. The first kappa shape index (κ1) is 17.0. The van der Waals surface area contributed by atoms with Crippen LogP contribution in [0.15, 0.2) is 0 Å². The number of unbranched alkanes of at least 4 members (excludes halogenated alkanes) is 5. The molecule has 0 bridgehead atoms. The zero-order chi connectivity index (χ0) is 14.4. The lowest BCUT2D eigenvalue weighted by molar-refractivity contribution is -0.132. The standard InChI is InChI=1S/C17H35NO/c1-5-7-9-10-11-13-16(3,12-8-6-2)18-14-17(4,19)15-18/h19H,5-15H2,1-4H3. The topological polar surface area (TPSA) is 23.5 Å². The van der Waals surface area contributed by atoms with Crippen LogP contribution in [0.25, 0.3) is 0 Å². The number of likely N-dealkylation sites (tertiary alicyclic amines) is 1. The minimum absolute atomic E-state index is 0.324. The molecule has 0 spiro atoms. The van der Waals surface area contributed by atoms with Gasteiger partial charge in [-0.25, -0.2) is 0 Å². The van der Waals surface area contributed by atoms with E-state index >= 15 is 0 Å². The van der Waals surface area contributed by atoms with Crippen molar-refractivity contribution in [3.05, 3.63) is 0 Å². The minimum Gasteiger partial charge on any atom is -0.388 e. The van der Waals surface area contributed by atoms with Gasteiger partial charge in [0.2, 0.25) is 0 Å². The second kappa shape index (κ2) is 7.64. The van der Waals surface area contributed by atoms with Gasteiger partial charge in [-0.15, -0.1) is 0 Å². The molecule has 1 N–H and O–H groups in total. The molecule has 0 aromatic heterocycles. The number of hydrogen-bond acceptors (Lipinski definition) is 2. The van der Waals surface area contributed by atoms with Crippen LogP contribution in [-0.4, -0.2) is 34.2 Å². The van der Waals surface area contributed by atoms with E-state index in [4.69, 9.17) is 0 Å². The van der Waals surface area contributed by atoms with Gasteiger partial charge in [0.25, 0.3) is 0 Å². The zero-order valence-corrected chi connectivity index (χ0v) is 13.7. The Morgan fingerprint density at radius 1 is 0.947 bits per heavy atom. The Balaban J connectivity index is 2.37. The third-order valence-electron chi connectivity index (χ3n) is 4.71. The van der Waals surface area contributed by atoms with Gasteiger partial charge in [0, 0.05) is 18.6 Å². The molecule has 0 aromatic carbocycles. The molecular formula is C17H35NO. The molecule has 0 aliphatic carbocycles. The number of hydrogen-bond donors (Lipinski definition) is 1. The maximum atomic E-state index is 9.97. The van der Waals surface area contributed by atoms with E-state index in [0.29, 0.717) is 5.54 Å². The Morgan fingerprint density at radius 3 is 2.00 bits per heavy atom. The van der Waals surface area contributed by atoms with Crippen LogP contribution in [0.3, 0.4) is 0 Å². The van der Waals surface area contributed by atoms with Gasteiger partial charge in [-0.2, -0.15) is 0 Å². The Kier molecular flexibility index (Phi) is 6.82. The van der Waals surface area contributed by atoms with Crippen LogP contribution >= 0.6 is 0 Å². The Bertz CT molecular complexity index is 244. The molecule has 1 heterocycles.